The Labute approximate surface area is 251 Å². The second kappa shape index (κ2) is 12.1. The van der Waals surface area contributed by atoms with Gasteiger partial charge < -0.3 is 20.7 Å². The van der Waals surface area contributed by atoms with Gasteiger partial charge in [0.25, 0.3) is 5.91 Å². The number of carbonyl (C=O) groups is 2. The Balaban J connectivity index is 1.22. The molecule has 3 aromatic heterocycles. The van der Waals surface area contributed by atoms with Crippen LogP contribution in [0.15, 0.2) is 61.4 Å². The number of benzene rings is 2. The van der Waals surface area contributed by atoms with E-state index in [-0.39, 0.29) is 30.2 Å². The average molecular weight is 599 g/mol. The van der Waals surface area contributed by atoms with Crippen LogP contribution in [0.3, 0.4) is 0 Å². The number of carbonyl (C=O) groups excluding carboxylic acids is 2. The molecule has 13 nitrogen and oxygen atoms in total. The third-order valence-electron chi connectivity index (χ3n) is 8.03. The first-order chi connectivity index (χ1) is 21.3. The van der Waals surface area contributed by atoms with Crippen molar-refractivity contribution in [2.45, 2.75) is 44.3 Å². The molecule has 0 radical (unpaired) electrons. The molecule has 3 heterocycles. The molecule has 1 saturated carbocycles. The number of nitrogens with one attached hydrogen (secondary N) is 1. The van der Waals surface area contributed by atoms with Gasteiger partial charge in [0.2, 0.25) is 0 Å². The highest BCUT2D eigenvalue weighted by Gasteiger charge is 2.32. The molecule has 0 saturated heterocycles. The fourth-order valence-electron chi connectivity index (χ4n) is 5.71. The number of halogens is 1. The first-order valence-electron chi connectivity index (χ1n) is 14.2. The van der Waals surface area contributed by atoms with E-state index < -0.39 is 11.7 Å². The highest BCUT2D eigenvalue weighted by atomic mass is 19.1. The van der Waals surface area contributed by atoms with Gasteiger partial charge in [-0.15, -0.1) is 0 Å². The maximum atomic E-state index is 13.7. The summed E-state index contributed by atoms with van der Waals surface area (Å²) in [6.07, 6.45) is 7.49. The number of amides is 2. The van der Waals surface area contributed by atoms with Crippen molar-refractivity contribution in [2.75, 3.05) is 19.9 Å². The fraction of sp³-hybridized carbons (Fsp3) is 0.300. The van der Waals surface area contributed by atoms with Crippen LogP contribution < -0.4 is 15.8 Å². The maximum absolute atomic E-state index is 13.7. The lowest BCUT2D eigenvalue weighted by atomic mass is 9.90. The summed E-state index contributed by atoms with van der Waals surface area (Å²) in [4.78, 5) is 40.0. The van der Waals surface area contributed by atoms with Crippen molar-refractivity contribution in [3.8, 4) is 17.0 Å². The molecule has 0 spiro atoms. The molecule has 1 aliphatic rings. The van der Waals surface area contributed by atoms with E-state index in [0.29, 0.717) is 34.7 Å². The van der Waals surface area contributed by atoms with Crippen molar-refractivity contribution in [3.05, 3.63) is 78.4 Å². The summed E-state index contributed by atoms with van der Waals surface area (Å²) in [6.45, 7) is 0.226. The molecule has 2 unspecified atom stereocenters. The summed E-state index contributed by atoms with van der Waals surface area (Å²) in [5.41, 5.74) is 9.39. The number of hydrogen-bond acceptors (Lipinski definition) is 9. The number of nitrogens with zero attached hydrogens (tertiary/aromatic N) is 8. The van der Waals surface area contributed by atoms with Gasteiger partial charge in [-0.3, -0.25) is 4.79 Å². The third kappa shape index (κ3) is 5.53. The molecule has 14 heteroatoms. The van der Waals surface area contributed by atoms with E-state index in [1.807, 2.05) is 28.9 Å². The van der Waals surface area contributed by atoms with Crippen LogP contribution in [0.5, 0.6) is 5.75 Å². The van der Waals surface area contributed by atoms with Crippen LogP contribution in [0.4, 0.5) is 15.0 Å². The van der Waals surface area contributed by atoms with Crippen molar-refractivity contribution >= 4 is 28.8 Å². The molecule has 1 fully saturated rings. The van der Waals surface area contributed by atoms with E-state index >= 15 is 0 Å². The van der Waals surface area contributed by atoms with Gasteiger partial charge >= 0.3 is 6.03 Å². The van der Waals surface area contributed by atoms with E-state index in [1.165, 1.54) is 42.9 Å². The molecule has 2 aromatic carbocycles. The largest absolute Gasteiger partial charge is 0.496 e. The lowest BCUT2D eigenvalue weighted by molar-refractivity contribution is 0.0947. The van der Waals surface area contributed by atoms with Crippen LogP contribution in [0, 0.1) is 5.82 Å². The van der Waals surface area contributed by atoms with Crippen molar-refractivity contribution in [2.24, 2.45) is 0 Å². The molecule has 3 N–H and O–H groups in total. The fourth-order valence-corrected chi connectivity index (χ4v) is 5.71. The van der Waals surface area contributed by atoms with Gasteiger partial charge in [-0.2, -0.15) is 14.9 Å². The van der Waals surface area contributed by atoms with E-state index in [0.717, 1.165) is 36.5 Å². The zero-order valence-corrected chi connectivity index (χ0v) is 24.2. The molecular formula is C30H31FN10O3. The first-order valence-corrected chi connectivity index (χ1v) is 14.2. The molecule has 2 amide bonds. The normalized spacial score (nSPS) is 16.5. The number of nitrogen functional groups attached to an aromatic ring is 1. The summed E-state index contributed by atoms with van der Waals surface area (Å²) in [5.74, 6) is -0.354. The Hall–Kier alpha value is -5.40. The van der Waals surface area contributed by atoms with Gasteiger partial charge in [0.1, 0.15) is 42.1 Å². The van der Waals surface area contributed by atoms with Crippen LogP contribution in [0.25, 0.3) is 22.3 Å². The van der Waals surface area contributed by atoms with Gasteiger partial charge in [-0.1, -0.05) is 24.3 Å². The molecule has 1 aliphatic carbocycles. The van der Waals surface area contributed by atoms with Gasteiger partial charge in [-0.05, 0) is 49.4 Å². The highest BCUT2D eigenvalue weighted by Crippen LogP contribution is 2.37. The smallest absolute Gasteiger partial charge is 0.346 e. The van der Waals surface area contributed by atoms with Crippen molar-refractivity contribution in [3.63, 3.8) is 0 Å². The van der Waals surface area contributed by atoms with Crippen LogP contribution in [0.1, 0.15) is 47.6 Å². The van der Waals surface area contributed by atoms with Crippen LogP contribution in [0.2, 0.25) is 0 Å². The van der Waals surface area contributed by atoms with E-state index in [4.69, 9.17) is 15.6 Å². The Morgan fingerprint density at radius 2 is 1.95 bits per heavy atom. The van der Waals surface area contributed by atoms with Crippen LogP contribution >= 0.6 is 0 Å². The lowest BCUT2D eigenvalue weighted by Crippen LogP contribution is -2.42. The quantitative estimate of drug-likeness (QED) is 0.284. The summed E-state index contributed by atoms with van der Waals surface area (Å²) in [6, 6.07) is 11.1. The minimum Gasteiger partial charge on any atom is -0.496 e. The molecule has 0 bridgehead atoms. The number of hydrogen-bond donors (Lipinski definition) is 2. The maximum Gasteiger partial charge on any atom is 0.346 e. The number of nitrogens with two attached hydrogens (primary N) is 1. The Morgan fingerprint density at radius 3 is 2.70 bits per heavy atom. The topological polar surface area (TPSA) is 159 Å². The van der Waals surface area contributed by atoms with Crippen molar-refractivity contribution < 1.29 is 18.7 Å². The molecule has 226 valence electrons. The third-order valence-corrected chi connectivity index (χ3v) is 8.03. The Kier molecular flexibility index (Phi) is 7.87. The zero-order valence-electron chi connectivity index (χ0n) is 24.2. The van der Waals surface area contributed by atoms with Crippen molar-refractivity contribution in [1.29, 1.82) is 0 Å². The van der Waals surface area contributed by atoms with Crippen molar-refractivity contribution in [1.82, 2.24) is 44.7 Å². The number of anilines is 1. The number of methoxy groups -OCH3 is 1. The molecule has 0 aliphatic heterocycles. The predicted octanol–water partition coefficient (Wildman–Crippen LogP) is 3.83. The number of ether oxygens (including phenoxy) is 1. The van der Waals surface area contributed by atoms with E-state index in [1.54, 1.807) is 11.9 Å². The number of rotatable bonds is 7. The second-order valence-corrected chi connectivity index (χ2v) is 10.7. The van der Waals surface area contributed by atoms with Gasteiger partial charge in [0.05, 0.1) is 24.1 Å². The second-order valence-electron chi connectivity index (χ2n) is 10.7. The summed E-state index contributed by atoms with van der Waals surface area (Å²) >= 11 is 0. The summed E-state index contributed by atoms with van der Waals surface area (Å²) in [7, 11) is 3.21. The monoisotopic (exact) mass is 598 g/mol. The Morgan fingerprint density at radius 1 is 1.14 bits per heavy atom. The zero-order chi connectivity index (χ0) is 30.8. The van der Waals surface area contributed by atoms with Gasteiger partial charge in [0, 0.05) is 25.2 Å². The highest BCUT2D eigenvalue weighted by molar-refractivity contribution is 5.98. The standard InChI is InChI=1S/C30H31FN10O3/c1-39(30(43)40-17-33-15-37-40)21-4-3-5-22(13-21)41-28-25(27(32)35-16-36-28)26(38-41)19-8-6-18(7-9-19)14-34-29(42)23-12-20(31)10-11-24(23)44-2/h6-12,15-17,21-22H,3-5,13-14H2,1-2H3,(H,34,42)(H2,32,35,36). The number of fused-ring (bicyclic) bond motifs is 1. The first kappa shape index (κ1) is 28.7. The van der Waals surface area contributed by atoms with Crippen LogP contribution in [-0.4, -0.2) is 71.6 Å². The van der Waals surface area contributed by atoms with E-state index in [2.05, 4.69) is 25.4 Å². The lowest BCUT2D eigenvalue weighted by Gasteiger charge is -2.35. The number of aromatic nitrogens is 7. The molecule has 6 rings (SSSR count). The SMILES string of the molecule is COc1ccc(F)cc1C(=O)NCc1ccc(-c2nn(C3CCCC(N(C)C(=O)n4cncn4)C3)c3ncnc(N)c23)cc1. The van der Waals surface area contributed by atoms with Gasteiger partial charge in [-0.25, -0.2) is 28.8 Å². The summed E-state index contributed by atoms with van der Waals surface area (Å²) in [5, 5.41) is 12.4. The van der Waals surface area contributed by atoms with E-state index in [9.17, 15) is 14.0 Å². The summed E-state index contributed by atoms with van der Waals surface area (Å²) < 4.78 is 22.1. The molecule has 2 atom stereocenters. The molecular weight excluding hydrogens is 567 g/mol. The molecule has 5 aromatic rings. The van der Waals surface area contributed by atoms with Gasteiger partial charge in [0.15, 0.2) is 5.65 Å². The Bertz CT molecular complexity index is 1810. The minimum atomic E-state index is -0.522. The minimum absolute atomic E-state index is 0.0143. The molecule has 44 heavy (non-hydrogen) atoms. The predicted molar refractivity (Wildman–Crippen MR) is 159 cm³/mol. The van der Waals surface area contributed by atoms with Crippen LogP contribution in [-0.2, 0) is 6.54 Å². The average Bonchev–Trinajstić information content (AvgIpc) is 3.73.